The standard InChI is InChI=1S/C19H19F2N3O3S/c20-19(21)28-14-7-5-13(6-8-14)23-16(25)12-27-18(26)15-4-3-9-22-17(15)24-10-1-2-11-24/h3-9,19H,1-2,10-12H2,(H,23,25). The van der Waals surface area contributed by atoms with Crippen molar-refractivity contribution in [3.63, 3.8) is 0 Å². The molecule has 0 aliphatic carbocycles. The van der Waals surface area contributed by atoms with E-state index in [0.29, 0.717) is 33.7 Å². The van der Waals surface area contributed by atoms with Crippen LogP contribution in [0.1, 0.15) is 23.2 Å². The number of amides is 1. The van der Waals surface area contributed by atoms with Crippen LogP contribution in [0.3, 0.4) is 0 Å². The third kappa shape index (κ3) is 5.41. The minimum Gasteiger partial charge on any atom is -0.452 e. The molecule has 9 heteroatoms. The minimum atomic E-state index is -2.50. The second kappa shape index (κ2) is 9.50. The lowest BCUT2D eigenvalue weighted by atomic mass is 10.2. The van der Waals surface area contributed by atoms with Crippen LogP contribution in [-0.4, -0.2) is 42.3 Å². The Labute approximate surface area is 165 Å². The number of alkyl halides is 2. The Morgan fingerprint density at radius 1 is 1.18 bits per heavy atom. The highest BCUT2D eigenvalue weighted by Crippen LogP contribution is 2.26. The van der Waals surface area contributed by atoms with E-state index in [0.717, 1.165) is 25.9 Å². The van der Waals surface area contributed by atoms with Gasteiger partial charge in [-0.1, -0.05) is 11.8 Å². The predicted molar refractivity (Wildman–Crippen MR) is 103 cm³/mol. The summed E-state index contributed by atoms with van der Waals surface area (Å²) in [5.41, 5.74) is 0.754. The number of carbonyl (C=O) groups excluding carboxylic acids is 2. The Hall–Kier alpha value is -2.68. The van der Waals surface area contributed by atoms with E-state index in [4.69, 9.17) is 4.74 Å². The van der Waals surface area contributed by atoms with E-state index in [9.17, 15) is 18.4 Å². The average Bonchev–Trinajstić information content (AvgIpc) is 3.22. The molecule has 1 aliphatic heterocycles. The van der Waals surface area contributed by atoms with Crippen LogP contribution in [0, 0.1) is 0 Å². The highest BCUT2D eigenvalue weighted by atomic mass is 32.2. The number of anilines is 2. The zero-order chi connectivity index (χ0) is 19.9. The van der Waals surface area contributed by atoms with Gasteiger partial charge in [-0.2, -0.15) is 8.78 Å². The fourth-order valence-corrected chi connectivity index (χ4v) is 3.36. The molecule has 2 heterocycles. The Morgan fingerprint density at radius 3 is 2.57 bits per heavy atom. The normalized spacial score (nSPS) is 13.6. The SMILES string of the molecule is O=C(COC(=O)c1cccnc1N1CCCC1)Nc1ccc(SC(F)F)cc1. The van der Waals surface area contributed by atoms with Crippen LogP contribution in [0.5, 0.6) is 0 Å². The van der Waals surface area contributed by atoms with Crippen molar-refractivity contribution in [1.29, 1.82) is 0 Å². The van der Waals surface area contributed by atoms with Gasteiger partial charge in [-0.15, -0.1) is 0 Å². The largest absolute Gasteiger partial charge is 0.452 e. The average molecular weight is 407 g/mol. The lowest BCUT2D eigenvalue weighted by Gasteiger charge is -2.18. The molecular formula is C19H19F2N3O3S. The molecule has 0 spiro atoms. The summed E-state index contributed by atoms with van der Waals surface area (Å²) in [6, 6.07) is 9.26. The van der Waals surface area contributed by atoms with Crippen molar-refractivity contribution >= 4 is 35.1 Å². The molecule has 0 bridgehead atoms. The number of esters is 1. The molecular weight excluding hydrogens is 388 g/mol. The maximum absolute atomic E-state index is 12.4. The van der Waals surface area contributed by atoms with Gasteiger partial charge in [-0.3, -0.25) is 4.79 Å². The maximum atomic E-state index is 12.4. The van der Waals surface area contributed by atoms with Crippen LogP contribution < -0.4 is 10.2 Å². The van der Waals surface area contributed by atoms with Crippen molar-refractivity contribution < 1.29 is 23.1 Å². The predicted octanol–water partition coefficient (Wildman–Crippen LogP) is 3.79. The summed E-state index contributed by atoms with van der Waals surface area (Å²) in [7, 11) is 0. The van der Waals surface area contributed by atoms with Gasteiger partial charge < -0.3 is 15.0 Å². The summed E-state index contributed by atoms with van der Waals surface area (Å²) in [5, 5.41) is 2.56. The van der Waals surface area contributed by atoms with Crippen molar-refractivity contribution in [2.45, 2.75) is 23.5 Å². The fraction of sp³-hybridized carbons (Fsp3) is 0.316. The number of nitrogens with one attached hydrogen (secondary N) is 1. The Bertz CT molecular complexity index is 827. The quantitative estimate of drug-likeness (QED) is 0.556. The van der Waals surface area contributed by atoms with Crippen molar-refractivity contribution in [2.24, 2.45) is 0 Å². The van der Waals surface area contributed by atoms with Gasteiger partial charge in [0.05, 0.1) is 0 Å². The molecule has 0 saturated carbocycles. The number of ether oxygens (including phenoxy) is 1. The molecule has 1 aromatic heterocycles. The fourth-order valence-electron chi connectivity index (χ4n) is 2.86. The number of nitrogens with zero attached hydrogens (tertiary/aromatic N) is 2. The Morgan fingerprint density at radius 2 is 1.89 bits per heavy atom. The van der Waals surface area contributed by atoms with E-state index in [1.807, 2.05) is 4.90 Å². The number of pyridine rings is 1. The number of thioether (sulfide) groups is 1. The molecule has 0 atom stereocenters. The number of benzene rings is 1. The van der Waals surface area contributed by atoms with Crippen molar-refractivity contribution in [2.75, 3.05) is 29.9 Å². The van der Waals surface area contributed by atoms with Crippen LogP contribution in [0.25, 0.3) is 0 Å². The third-order valence-corrected chi connectivity index (χ3v) is 4.83. The molecule has 148 valence electrons. The van der Waals surface area contributed by atoms with E-state index in [1.165, 1.54) is 24.3 Å². The second-order valence-corrected chi connectivity index (χ2v) is 7.16. The number of rotatable bonds is 7. The first-order valence-corrected chi connectivity index (χ1v) is 9.63. The first-order chi connectivity index (χ1) is 13.5. The molecule has 1 saturated heterocycles. The van der Waals surface area contributed by atoms with Gasteiger partial charge in [0.15, 0.2) is 6.61 Å². The smallest absolute Gasteiger partial charge is 0.342 e. The first-order valence-electron chi connectivity index (χ1n) is 8.75. The van der Waals surface area contributed by atoms with Crippen LogP contribution in [0.2, 0.25) is 0 Å². The minimum absolute atomic E-state index is 0.325. The van der Waals surface area contributed by atoms with Crippen LogP contribution in [0.4, 0.5) is 20.3 Å². The highest BCUT2D eigenvalue weighted by molar-refractivity contribution is 7.99. The van der Waals surface area contributed by atoms with E-state index in [1.54, 1.807) is 18.3 Å². The van der Waals surface area contributed by atoms with E-state index < -0.39 is 24.2 Å². The molecule has 3 rings (SSSR count). The lowest BCUT2D eigenvalue weighted by molar-refractivity contribution is -0.119. The maximum Gasteiger partial charge on any atom is 0.342 e. The Kier molecular flexibility index (Phi) is 6.80. The molecule has 1 amide bonds. The van der Waals surface area contributed by atoms with Crippen LogP contribution in [0.15, 0.2) is 47.5 Å². The van der Waals surface area contributed by atoms with Crippen LogP contribution >= 0.6 is 11.8 Å². The number of carbonyl (C=O) groups is 2. The summed E-state index contributed by atoms with van der Waals surface area (Å²) in [4.78, 5) is 31.1. The summed E-state index contributed by atoms with van der Waals surface area (Å²) in [5.74, 6) is -3.07. The summed E-state index contributed by atoms with van der Waals surface area (Å²) in [6.07, 6.45) is 3.71. The van der Waals surface area contributed by atoms with Gasteiger partial charge in [0.1, 0.15) is 11.4 Å². The summed E-state index contributed by atoms with van der Waals surface area (Å²) >= 11 is 0.424. The van der Waals surface area contributed by atoms with Crippen LogP contribution in [-0.2, 0) is 9.53 Å². The van der Waals surface area contributed by atoms with Gasteiger partial charge >= 0.3 is 5.97 Å². The van der Waals surface area contributed by atoms with Crippen molar-refractivity contribution in [3.05, 3.63) is 48.2 Å². The highest BCUT2D eigenvalue weighted by Gasteiger charge is 2.22. The summed E-state index contributed by atoms with van der Waals surface area (Å²) in [6.45, 7) is 1.20. The number of aromatic nitrogens is 1. The molecule has 1 aliphatic rings. The first kappa shape index (κ1) is 20.1. The van der Waals surface area contributed by atoms with Crippen molar-refractivity contribution in [3.8, 4) is 0 Å². The molecule has 1 N–H and O–H groups in total. The molecule has 6 nitrogen and oxygen atoms in total. The molecule has 1 aromatic carbocycles. The van der Waals surface area contributed by atoms with E-state index in [-0.39, 0.29) is 0 Å². The molecule has 2 aromatic rings. The zero-order valence-electron chi connectivity index (χ0n) is 14.9. The summed E-state index contributed by atoms with van der Waals surface area (Å²) < 4.78 is 29.7. The number of hydrogen-bond acceptors (Lipinski definition) is 6. The van der Waals surface area contributed by atoms with Gasteiger partial charge in [0, 0.05) is 29.9 Å². The van der Waals surface area contributed by atoms with E-state index in [2.05, 4.69) is 10.3 Å². The third-order valence-electron chi connectivity index (χ3n) is 4.11. The molecule has 28 heavy (non-hydrogen) atoms. The number of hydrogen-bond donors (Lipinski definition) is 1. The number of halogens is 2. The van der Waals surface area contributed by atoms with Gasteiger partial charge in [-0.25, -0.2) is 9.78 Å². The van der Waals surface area contributed by atoms with Gasteiger partial charge in [0.2, 0.25) is 0 Å². The monoisotopic (exact) mass is 407 g/mol. The lowest BCUT2D eigenvalue weighted by Crippen LogP contribution is -2.24. The Balaban J connectivity index is 1.54. The molecule has 1 fully saturated rings. The van der Waals surface area contributed by atoms with Crippen molar-refractivity contribution in [1.82, 2.24) is 4.98 Å². The van der Waals surface area contributed by atoms with E-state index >= 15 is 0 Å². The zero-order valence-corrected chi connectivity index (χ0v) is 15.8. The molecule has 0 radical (unpaired) electrons. The second-order valence-electron chi connectivity index (χ2n) is 6.10. The molecule has 0 unspecified atom stereocenters. The topological polar surface area (TPSA) is 71.5 Å². The van der Waals surface area contributed by atoms with Gasteiger partial charge in [0.25, 0.3) is 11.7 Å². The van der Waals surface area contributed by atoms with Gasteiger partial charge in [-0.05, 0) is 49.2 Å².